The highest BCUT2D eigenvalue weighted by Gasteiger charge is 2.30. The zero-order chi connectivity index (χ0) is 19.6. The third kappa shape index (κ3) is 5.46. The van der Waals surface area contributed by atoms with Crippen molar-refractivity contribution in [3.63, 3.8) is 0 Å². The fraction of sp³-hybridized carbons (Fsp3) is 0.300. The maximum Gasteiger partial charge on any atom is 0.337 e. The highest BCUT2D eigenvalue weighted by Crippen LogP contribution is 2.23. The molecule has 0 fully saturated rings. The summed E-state index contributed by atoms with van der Waals surface area (Å²) in [6, 6.07) is 14.2. The van der Waals surface area contributed by atoms with Crippen LogP contribution in [0.15, 0.2) is 53.6 Å². The molecule has 0 unspecified atom stereocenters. The lowest BCUT2D eigenvalue weighted by molar-refractivity contribution is -0.154. The molecule has 0 bridgehead atoms. The second kappa shape index (κ2) is 10.2. The van der Waals surface area contributed by atoms with Gasteiger partial charge in [0.15, 0.2) is 6.10 Å². The molecule has 1 N–H and O–H groups in total. The van der Waals surface area contributed by atoms with E-state index in [9.17, 15) is 4.79 Å². The molecule has 0 saturated carbocycles. The molecule has 0 aliphatic carbocycles. The molecule has 0 radical (unpaired) electrons. The second-order valence-corrected chi connectivity index (χ2v) is 5.59. The van der Waals surface area contributed by atoms with Crippen molar-refractivity contribution in [1.29, 1.82) is 0 Å². The SMILES string of the molecule is COC(=O)[C@H](OC)[C@@H](N/N=C/c1ccc(OC)cc1)c1ccc(OC)cc1. The van der Waals surface area contributed by atoms with Gasteiger partial charge in [-0.1, -0.05) is 12.1 Å². The highest BCUT2D eigenvalue weighted by atomic mass is 16.6. The Bertz CT molecular complexity index is 744. The molecule has 144 valence electrons. The smallest absolute Gasteiger partial charge is 0.337 e. The van der Waals surface area contributed by atoms with Crippen LogP contribution in [-0.4, -0.2) is 46.7 Å². The normalized spacial score (nSPS) is 13.0. The summed E-state index contributed by atoms with van der Waals surface area (Å²) < 4.78 is 20.5. The number of methoxy groups -OCH3 is 4. The Balaban J connectivity index is 2.21. The molecule has 27 heavy (non-hydrogen) atoms. The molecule has 0 saturated heterocycles. The largest absolute Gasteiger partial charge is 0.497 e. The Morgan fingerprint density at radius 3 is 1.96 bits per heavy atom. The summed E-state index contributed by atoms with van der Waals surface area (Å²) in [4.78, 5) is 12.1. The van der Waals surface area contributed by atoms with E-state index < -0.39 is 18.1 Å². The second-order valence-electron chi connectivity index (χ2n) is 5.59. The predicted molar refractivity (Wildman–Crippen MR) is 102 cm³/mol. The molecular formula is C20H24N2O5. The van der Waals surface area contributed by atoms with Gasteiger partial charge in [-0.2, -0.15) is 5.10 Å². The van der Waals surface area contributed by atoms with Crippen molar-refractivity contribution in [1.82, 2.24) is 5.43 Å². The summed E-state index contributed by atoms with van der Waals surface area (Å²) >= 11 is 0. The van der Waals surface area contributed by atoms with Crippen LogP contribution in [0, 0.1) is 0 Å². The van der Waals surface area contributed by atoms with Gasteiger partial charge in [-0.3, -0.25) is 5.43 Å². The molecule has 0 aromatic heterocycles. The predicted octanol–water partition coefficient (Wildman–Crippen LogP) is 2.56. The Morgan fingerprint density at radius 2 is 1.48 bits per heavy atom. The van der Waals surface area contributed by atoms with E-state index in [1.165, 1.54) is 14.2 Å². The van der Waals surface area contributed by atoms with Gasteiger partial charge in [0.25, 0.3) is 0 Å². The zero-order valence-electron chi connectivity index (χ0n) is 15.8. The standard InChI is InChI=1S/C20H24N2O5/c1-24-16-9-5-14(6-10-16)13-21-22-18(19(26-3)20(23)27-4)15-7-11-17(25-2)12-8-15/h5-13,18-19,22H,1-4H3/b21-13+/t18-,19+/m0/s1. The van der Waals surface area contributed by atoms with Crippen molar-refractivity contribution >= 4 is 12.2 Å². The van der Waals surface area contributed by atoms with E-state index in [1.54, 1.807) is 32.6 Å². The van der Waals surface area contributed by atoms with E-state index in [4.69, 9.17) is 18.9 Å². The van der Waals surface area contributed by atoms with Crippen molar-refractivity contribution in [2.24, 2.45) is 5.10 Å². The number of nitrogens with zero attached hydrogens (tertiary/aromatic N) is 1. The molecule has 2 aromatic carbocycles. The van der Waals surface area contributed by atoms with Gasteiger partial charge in [0.2, 0.25) is 0 Å². The number of carbonyl (C=O) groups is 1. The van der Waals surface area contributed by atoms with Crippen LogP contribution in [0.3, 0.4) is 0 Å². The van der Waals surface area contributed by atoms with Gasteiger partial charge < -0.3 is 18.9 Å². The van der Waals surface area contributed by atoms with Gasteiger partial charge in [-0.05, 0) is 47.5 Å². The van der Waals surface area contributed by atoms with E-state index >= 15 is 0 Å². The molecule has 7 nitrogen and oxygen atoms in total. The van der Waals surface area contributed by atoms with E-state index in [-0.39, 0.29) is 0 Å². The lowest BCUT2D eigenvalue weighted by Crippen LogP contribution is -2.37. The summed E-state index contributed by atoms with van der Waals surface area (Å²) in [6.45, 7) is 0. The van der Waals surface area contributed by atoms with Gasteiger partial charge in [-0.25, -0.2) is 4.79 Å². The molecular weight excluding hydrogens is 348 g/mol. The van der Waals surface area contributed by atoms with Gasteiger partial charge >= 0.3 is 5.97 Å². The van der Waals surface area contributed by atoms with Crippen molar-refractivity contribution in [3.8, 4) is 11.5 Å². The number of rotatable bonds is 9. The fourth-order valence-electron chi connectivity index (χ4n) is 2.49. The average Bonchev–Trinajstić information content (AvgIpc) is 2.73. The summed E-state index contributed by atoms with van der Waals surface area (Å²) in [7, 11) is 5.98. The van der Waals surface area contributed by atoms with Crippen molar-refractivity contribution in [3.05, 3.63) is 59.7 Å². The van der Waals surface area contributed by atoms with E-state index in [2.05, 4.69) is 10.5 Å². The molecule has 2 atom stereocenters. The van der Waals surface area contributed by atoms with Crippen LogP contribution in [-0.2, 0) is 14.3 Å². The molecule has 0 spiro atoms. The van der Waals surface area contributed by atoms with Gasteiger partial charge in [0.1, 0.15) is 17.5 Å². The van der Waals surface area contributed by atoms with Crippen LogP contribution in [0.2, 0.25) is 0 Å². The maximum absolute atomic E-state index is 12.1. The third-order valence-electron chi connectivity index (χ3n) is 4.01. The van der Waals surface area contributed by atoms with Gasteiger partial charge in [0.05, 0.1) is 27.5 Å². The monoisotopic (exact) mass is 372 g/mol. The lowest BCUT2D eigenvalue weighted by atomic mass is 10.0. The first-order chi connectivity index (χ1) is 13.1. The Labute approximate surface area is 158 Å². The first-order valence-corrected chi connectivity index (χ1v) is 8.30. The Morgan fingerprint density at radius 1 is 0.926 bits per heavy atom. The number of esters is 1. The van der Waals surface area contributed by atoms with Crippen molar-refractivity contribution in [2.75, 3.05) is 28.4 Å². The summed E-state index contributed by atoms with van der Waals surface area (Å²) in [6.07, 6.45) is 0.788. The number of benzene rings is 2. The quantitative estimate of drug-likeness (QED) is 0.414. The average molecular weight is 372 g/mol. The molecule has 2 aromatic rings. The third-order valence-corrected chi connectivity index (χ3v) is 4.01. The maximum atomic E-state index is 12.1. The number of carbonyl (C=O) groups excluding carboxylic acids is 1. The number of ether oxygens (including phenoxy) is 4. The first kappa shape index (κ1) is 20.3. The first-order valence-electron chi connectivity index (χ1n) is 8.30. The lowest BCUT2D eigenvalue weighted by Gasteiger charge is -2.24. The molecule has 0 amide bonds. The molecule has 2 rings (SSSR count). The van der Waals surface area contributed by atoms with Crippen LogP contribution < -0.4 is 14.9 Å². The summed E-state index contributed by atoms with van der Waals surface area (Å²) in [5, 5.41) is 4.27. The van der Waals surface area contributed by atoms with Crippen LogP contribution >= 0.6 is 0 Å². The van der Waals surface area contributed by atoms with Crippen LogP contribution in [0.1, 0.15) is 17.2 Å². The topological polar surface area (TPSA) is 78.4 Å². The van der Waals surface area contributed by atoms with Crippen molar-refractivity contribution in [2.45, 2.75) is 12.1 Å². The summed E-state index contributed by atoms with van der Waals surface area (Å²) in [5.41, 5.74) is 4.67. The van der Waals surface area contributed by atoms with Gasteiger partial charge in [-0.15, -0.1) is 0 Å². The summed E-state index contributed by atoms with van der Waals surface area (Å²) in [5.74, 6) is 0.984. The molecule has 0 aliphatic heterocycles. The van der Waals surface area contributed by atoms with Crippen LogP contribution in [0.4, 0.5) is 0 Å². The molecule has 0 aliphatic rings. The minimum Gasteiger partial charge on any atom is -0.497 e. The van der Waals surface area contributed by atoms with E-state index in [0.717, 1.165) is 16.9 Å². The molecule has 7 heteroatoms. The van der Waals surface area contributed by atoms with E-state index in [1.807, 2.05) is 36.4 Å². The Hall–Kier alpha value is -3.06. The Kier molecular flexibility index (Phi) is 7.63. The number of nitrogens with one attached hydrogen (secondary N) is 1. The van der Waals surface area contributed by atoms with Crippen LogP contribution in [0.5, 0.6) is 11.5 Å². The zero-order valence-corrected chi connectivity index (χ0v) is 15.8. The van der Waals surface area contributed by atoms with Gasteiger partial charge in [0, 0.05) is 7.11 Å². The van der Waals surface area contributed by atoms with Crippen LogP contribution in [0.25, 0.3) is 0 Å². The molecule has 0 heterocycles. The fourth-order valence-corrected chi connectivity index (χ4v) is 2.49. The number of hydrogen-bond acceptors (Lipinski definition) is 7. The number of hydrazone groups is 1. The number of hydrogen-bond donors (Lipinski definition) is 1. The minimum atomic E-state index is -0.864. The minimum absolute atomic E-state index is 0.495. The highest BCUT2D eigenvalue weighted by molar-refractivity contribution is 5.79. The van der Waals surface area contributed by atoms with Crippen molar-refractivity contribution < 1.29 is 23.7 Å². The van der Waals surface area contributed by atoms with E-state index in [0.29, 0.717) is 5.75 Å².